The number of hydrogen-bond acceptors (Lipinski definition) is 3. The predicted molar refractivity (Wildman–Crippen MR) is 72.5 cm³/mol. The van der Waals surface area contributed by atoms with Crippen LogP contribution in [0.1, 0.15) is 11.1 Å². The van der Waals surface area contributed by atoms with Gasteiger partial charge in [0.25, 0.3) is 0 Å². The summed E-state index contributed by atoms with van der Waals surface area (Å²) in [5.74, 6) is 0.800. The van der Waals surface area contributed by atoms with Crippen LogP contribution >= 0.6 is 0 Å². The highest BCUT2D eigenvalue weighted by atomic mass is 16.5. The standard InChI is InChI=1S/C15H14N2O/c1-11-7-8-13-14(9-11)18-17-15(13)16-10-12-5-3-2-4-6-12/h2-9H,10H2,1H3,(H,16,17). The van der Waals surface area contributed by atoms with Crippen molar-refractivity contribution < 1.29 is 4.52 Å². The molecule has 1 heterocycles. The van der Waals surface area contributed by atoms with Gasteiger partial charge in [0.15, 0.2) is 11.4 Å². The Balaban J connectivity index is 1.83. The third-order valence-electron chi connectivity index (χ3n) is 2.93. The molecule has 3 nitrogen and oxygen atoms in total. The monoisotopic (exact) mass is 238 g/mol. The molecule has 0 spiro atoms. The van der Waals surface area contributed by atoms with E-state index >= 15 is 0 Å². The maximum absolute atomic E-state index is 5.31. The molecule has 18 heavy (non-hydrogen) atoms. The molecule has 0 fully saturated rings. The van der Waals surface area contributed by atoms with Crippen LogP contribution in [0.2, 0.25) is 0 Å². The van der Waals surface area contributed by atoms with Crippen LogP contribution in [0.5, 0.6) is 0 Å². The van der Waals surface area contributed by atoms with Crippen LogP contribution in [0.4, 0.5) is 5.82 Å². The second-order valence-corrected chi connectivity index (χ2v) is 4.37. The smallest absolute Gasteiger partial charge is 0.177 e. The summed E-state index contributed by atoms with van der Waals surface area (Å²) in [5.41, 5.74) is 3.22. The van der Waals surface area contributed by atoms with Crippen molar-refractivity contribution in [3.05, 3.63) is 59.7 Å². The summed E-state index contributed by atoms with van der Waals surface area (Å²) < 4.78 is 5.31. The number of benzene rings is 2. The first kappa shape index (κ1) is 10.8. The summed E-state index contributed by atoms with van der Waals surface area (Å²) in [4.78, 5) is 0. The van der Waals surface area contributed by atoms with Crippen molar-refractivity contribution >= 4 is 16.8 Å². The van der Waals surface area contributed by atoms with Crippen molar-refractivity contribution in [3.63, 3.8) is 0 Å². The Bertz CT molecular complexity index is 659. The summed E-state index contributed by atoms with van der Waals surface area (Å²) in [6.45, 7) is 2.79. The van der Waals surface area contributed by atoms with E-state index in [1.54, 1.807) is 0 Å². The van der Waals surface area contributed by atoms with Gasteiger partial charge < -0.3 is 9.84 Å². The van der Waals surface area contributed by atoms with Gasteiger partial charge in [-0.25, -0.2) is 0 Å². The van der Waals surface area contributed by atoms with Crippen LogP contribution < -0.4 is 5.32 Å². The third kappa shape index (κ3) is 2.07. The number of aromatic nitrogens is 1. The third-order valence-corrected chi connectivity index (χ3v) is 2.93. The number of anilines is 1. The molecule has 1 aromatic heterocycles. The van der Waals surface area contributed by atoms with Crippen molar-refractivity contribution in [3.8, 4) is 0 Å². The zero-order valence-corrected chi connectivity index (χ0v) is 10.2. The lowest BCUT2D eigenvalue weighted by atomic mass is 10.2. The first-order chi connectivity index (χ1) is 8.83. The average molecular weight is 238 g/mol. The molecule has 90 valence electrons. The molecule has 0 bridgehead atoms. The number of rotatable bonds is 3. The lowest BCUT2D eigenvalue weighted by Crippen LogP contribution is -1.99. The van der Waals surface area contributed by atoms with E-state index in [-0.39, 0.29) is 0 Å². The molecule has 1 N–H and O–H groups in total. The van der Waals surface area contributed by atoms with Gasteiger partial charge in [-0.15, -0.1) is 0 Å². The highest BCUT2D eigenvalue weighted by Crippen LogP contribution is 2.23. The first-order valence-electron chi connectivity index (χ1n) is 5.97. The van der Waals surface area contributed by atoms with Gasteiger partial charge in [0.1, 0.15) is 0 Å². The Morgan fingerprint density at radius 1 is 1.11 bits per heavy atom. The van der Waals surface area contributed by atoms with Gasteiger partial charge in [-0.3, -0.25) is 0 Å². The van der Waals surface area contributed by atoms with Gasteiger partial charge in [-0.05, 0) is 30.2 Å². The van der Waals surface area contributed by atoms with Gasteiger partial charge >= 0.3 is 0 Å². The van der Waals surface area contributed by atoms with E-state index in [0.29, 0.717) is 0 Å². The van der Waals surface area contributed by atoms with Crippen LogP contribution in [-0.4, -0.2) is 5.16 Å². The Labute approximate surface area is 105 Å². The fourth-order valence-electron chi connectivity index (χ4n) is 1.95. The number of hydrogen-bond donors (Lipinski definition) is 1. The molecule has 0 radical (unpaired) electrons. The molecule has 3 heteroatoms. The van der Waals surface area contributed by atoms with Crippen LogP contribution in [0.15, 0.2) is 53.1 Å². The van der Waals surface area contributed by atoms with Gasteiger partial charge in [0, 0.05) is 6.54 Å². The number of aryl methyl sites for hydroxylation is 1. The summed E-state index contributed by atoms with van der Waals surface area (Å²) in [5, 5.41) is 8.39. The molecule has 0 saturated carbocycles. The van der Waals surface area contributed by atoms with Gasteiger partial charge in [-0.2, -0.15) is 0 Å². The van der Waals surface area contributed by atoms with Crippen molar-refractivity contribution in [2.75, 3.05) is 5.32 Å². The second-order valence-electron chi connectivity index (χ2n) is 4.37. The minimum absolute atomic E-state index is 0.746. The molecule has 3 aromatic rings. The number of fused-ring (bicyclic) bond motifs is 1. The van der Waals surface area contributed by atoms with Crippen LogP contribution in [-0.2, 0) is 6.54 Å². The Kier molecular flexibility index (Phi) is 2.73. The average Bonchev–Trinajstić information content (AvgIpc) is 2.80. The van der Waals surface area contributed by atoms with Crippen molar-refractivity contribution in [2.24, 2.45) is 0 Å². The summed E-state index contributed by atoms with van der Waals surface area (Å²) >= 11 is 0. The molecule has 0 atom stereocenters. The highest BCUT2D eigenvalue weighted by molar-refractivity contribution is 5.88. The van der Waals surface area contributed by atoms with E-state index in [0.717, 1.165) is 23.3 Å². The minimum atomic E-state index is 0.746. The first-order valence-corrected chi connectivity index (χ1v) is 5.97. The molecule has 2 aromatic carbocycles. The van der Waals surface area contributed by atoms with Crippen LogP contribution in [0.3, 0.4) is 0 Å². The molecule has 3 rings (SSSR count). The largest absolute Gasteiger partial charge is 0.363 e. The topological polar surface area (TPSA) is 38.1 Å². The minimum Gasteiger partial charge on any atom is -0.363 e. The van der Waals surface area contributed by atoms with Gasteiger partial charge in [-0.1, -0.05) is 41.6 Å². The maximum atomic E-state index is 5.31. The summed E-state index contributed by atoms with van der Waals surface area (Å²) in [6.07, 6.45) is 0. The van der Waals surface area contributed by atoms with Crippen molar-refractivity contribution in [1.29, 1.82) is 0 Å². The van der Waals surface area contributed by atoms with Crippen LogP contribution in [0.25, 0.3) is 11.0 Å². The molecular formula is C15H14N2O. The SMILES string of the molecule is Cc1ccc2c(NCc3ccccc3)noc2c1. The fourth-order valence-corrected chi connectivity index (χ4v) is 1.95. The van der Waals surface area contributed by atoms with E-state index in [9.17, 15) is 0 Å². The summed E-state index contributed by atoms with van der Waals surface area (Å²) in [7, 11) is 0. The van der Waals surface area contributed by atoms with Gasteiger partial charge in [0.2, 0.25) is 0 Å². The zero-order chi connectivity index (χ0) is 12.4. The molecular weight excluding hydrogens is 224 g/mol. The number of nitrogens with one attached hydrogen (secondary N) is 1. The van der Waals surface area contributed by atoms with Crippen molar-refractivity contribution in [2.45, 2.75) is 13.5 Å². The molecule has 0 unspecified atom stereocenters. The normalized spacial score (nSPS) is 10.7. The zero-order valence-electron chi connectivity index (χ0n) is 10.2. The van der Waals surface area contributed by atoms with E-state index in [4.69, 9.17) is 4.52 Å². The molecule has 0 aliphatic rings. The quantitative estimate of drug-likeness (QED) is 0.755. The second kappa shape index (κ2) is 4.53. The maximum Gasteiger partial charge on any atom is 0.177 e. The van der Waals surface area contributed by atoms with Gasteiger partial charge in [0.05, 0.1) is 5.39 Å². The lowest BCUT2D eigenvalue weighted by molar-refractivity contribution is 0.459. The lowest BCUT2D eigenvalue weighted by Gasteiger charge is -2.02. The Morgan fingerprint density at radius 2 is 1.94 bits per heavy atom. The molecule has 0 aliphatic heterocycles. The van der Waals surface area contributed by atoms with Crippen molar-refractivity contribution in [1.82, 2.24) is 5.16 Å². The number of nitrogens with zero attached hydrogens (tertiary/aromatic N) is 1. The summed E-state index contributed by atoms with van der Waals surface area (Å²) in [6, 6.07) is 16.3. The molecule has 0 saturated heterocycles. The van der Waals surface area contributed by atoms with E-state index in [1.165, 1.54) is 11.1 Å². The Morgan fingerprint density at radius 3 is 2.78 bits per heavy atom. The Hall–Kier alpha value is -2.29. The van der Waals surface area contributed by atoms with E-state index in [1.807, 2.05) is 37.3 Å². The van der Waals surface area contributed by atoms with E-state index < -0.39 is 0 Å². The molecule has 0 amide bonds. The fraction of sp³-hybridized carbons (Fsp3) is 0.133. The van der Waals surface area contributed by atoms with Crippen LogP contribution in [0, 0.1) is 6.92 Å². The molecule has 0 aliphatic carbocycles. The van der Waals surface area contributed by atoms with E-state index in [2.05, 4.69) is 28.7 Å². The highest BCUT2D eigenvalue weighted by Gasteiger charge is 2.07. The predicted octanol–water partition coefficient (Wildman–Crippen LogP) is 3.75.